The number of aliphatic hydroxyl groups excluding tert-OH is 1. The minimum atomic E-state index is -4.30. The van der Waals surface area contributed by atoms with Gasteiger partial charge in [-0.2, -0.15) is 13.2 Å². The van der Waals surface area contributed by atoms with E-state index in [2.05, 4.69) is 5.32 Å². The minimum Gasteiger partial charge on any atom is -0.395 e. The molecule has 1 atom stereocenters. The third-order valence-electron chi connectivity index (χ3n) is 2.99. The van der Waals surface area contributed by atoms with Crippen molar-refractivity contribution in [3.8, 4) is 0 Å². The van der Waals surface area contributed by atoms with E-state index >= 15 is 0 Å². The third kappa shape index (κ3) is 5.02. The van der Waals surface area contributed by atoms with Gasteiger partial charge in [-0.05, 0) is 25.1 Å². The van der Waals surface area contributed by atoms with Gasteiger partial charge < -0.3 is 15.3 Å². The van der Waals surface area contributed by atoms with Crippen molar-refractivity contribution in [2.24, 2.45) is 0 Å². The number of anilines is 1. The Bertz CT molecular complexity index is 410. The number of rotatable bonds is 7. The molecule has 0 aliphatic carbocycles. The van der Waals surface area contributed by atoms with Crippen LogP contribution < -0.4 is 10.2 Å². The van der Waals surface area contributed by atoms with E-state index in [1.165, 1.54) is 4.90 Å². The molecular weight excluding hydrogens is 269 g/mol. The molecule has 1 aromatic rings. The van der Waals surface area contributed by atoms with Crippen molar-refractivity contribution in [3.63, 3.8) is 0 Å². The zero-order valence-electron chi connectivity index (χ0n) is 11.7. The van der Waals surface area contributed by atoms with E-state index < -0.39 is 12.7 Å². The molecule has 1 rings (SSSR count). The fourth-order valence-electron chi connectivity index (χ4n) is 2.18. The Balaban J connectivity index is 3.06. The smallest absolute Gasteiger partial charge is 0.395 e. The maximum absolute atomic E-state index is 12.7. The van der Waals surface area contributed by atoms with Crippen LogP contribution in [0.3, 0.4) is 0 Å². The number of nitrogens with zero attached hydrogens (tertiary/aromatic N) is 1. The molecule has 0 spiro atoms. The molecule has 20 heavy (non-hydrogen) atoms. The molecule has 0 aromatic heterocycles. The lowest BCUT2D eigenvalue weighted by Crippen LogP contribution is -2.37. The molecule has 1 aromatic carbocycles. The summed E-state index contributed by atoms with van der Waals surface area (Å²) in [6.45, 7) is 3.15. The van der Waals surface area contributed by atoms with Crippen molar-refractivity contribution >= 4 is 5.69 Å². The predicted molar refractivity (Wildman–Crippen MR) is 73.9 cm³/mol. The summed E-state index contributed by atoms with van der Waals surface area (Å²) in [4.78, 5) is 1.17. The van der Waals surface area contributed by atoms with Gasteiger partial charge in [-0.25, -0.2) is 0 Å². The quantitative estimate of drug-likeness (QED) is 0.810. The number of hydrogen-bond donors (Lipinski definition) is 2. The first kappa shape index (κ1) is 16.8. The first-order valence-corrected chi connectivity index (χ1v) is 6.64. The van der Waals surface area contributed by atoms with Crippen LogP contribution in [-0.2, 0) is 0 Å². The van der Waals surface area contributed by atoms with Gasteiger partial charge in [-0.1, -0.05) is 25.1 Å². The molecule has 2 N–H and O–H groups in total. The Morgan fingerprint density at radius 2 is 1.95 bits per heavy atom. The Hall–Kier alpha value is -1.27. The van der Waals surface area contributed by atoms with Crippen LogP contribution in [0.15, 0.2) is 24.3 Å². The number of hydrogen-bond acceptors (Lipinski definition) is 3. The highest BCUT2D eigenvalue weighted by Crippen LogP contribution is 2.28. The molecular formula is C14H21F3N2O. The molecule has 1 unspecified atom stereocenters. The van der Waals surface area contributed by atoms with E-state index in [-0.39, 0.29) is 19.2 Å². The Morgan fingerprint density at radius 1 is 1.30 bits per heavy atom. The molecule has 0 aliphatic rings. The van der Waals surface area contributed by atoms with Gasteiger partial charge in [0.25, 0.3) is 0 Å². The lowest BCUT2D eigenvalue weighted by Gasteiger charge is -2.29. The molecule has 0 bridgehead atoms. The van der Waals surface area contributed by atoms with Crippen LogP contribution in [0.1, 0.15) is 25.5 Å². The Morgan fingerprint density at radius 3 is 2.50 bits per heavy atom. The fraction of sp³-hybridized carbons (Fsp3) is 0.571. The van der Waals surface area contributed by atoms with Gasteiger partial charge in [0.15, 0.2) is 0 Å². The highest BCUT2D eigenvalue weighted by atomic mass is 19.4. The first-order chi connectivity index (χ1) is 9.39. The molecule has 114 valence electrons. The van der Waals surface area contributed by atoms with Crippen molar-refractivity contribution in [2.75, 3.05) is 31.1 Å². The summed E-state index contributed by atoms with van der Waals surface area (Å²) in [5.41, 5.74) is 1.30. The second kappa shape index (κ2) is 7.50. The lowest BCUT2D eigenvalue weighted by molar-refractivity contribution is -0.119. The minimum absolute atomic E-state index is 0.0463. The van der Waals surface area contributed by atoms with Crippen molar-refractivity contribution in [2.45, 2.75) is 26.1 Å². The van der Waals surface area contributed by atoms with Crippen LogP contribution >= 0.6 is 0 Å². The molecule has 0 fully saturated rings. The van der Waals surface area contributed by atoms with Gasteiger partial charge >= 0.3 is 6.18 Å². The van der Waals surface area contributed by atoms with Crippen LogP contribution in [0, 0.1) is 0 Å². The second-order valence-electron chi connectivity index (χ2n) is 4.60. The van der Waals surface area contributed by atoms with Gasteiger partial charge in [-0.15, -0.1) is 0 Å². The van der Waals surface area contributed by atoms with Crippen LogP contribution in [0.25, 0.3) is 0 Å². The maximum atomic E-state index is 12.7. The van der Waals surface area contributed by atoms with E-state index in [1.54, 1.807) is 18.2 Å². The van der Waals surface area contributed by atoms with Crippen molar-refractivity contribution in [1.82, 2.24) is 5.32 Å². The fourth-order valence-corrected chi connectivity index (χ4v) is 2.18. The summed E-state index contributed by atoms with van der Waals surface area (Å²) in [6.07, 6.45) is -4.30. The lowest BCUT2D eigenvalue weighted by atomic mass is 10.0. The average Bonchev–Trinajstić information content (AvgIpc) is 2.37. The average molecular weight is 290 g/mol. The number of para-hydroxylation sites is 1. The maximum Gasteiger partial charge on any atom is 0.405 e. The SMILES string of the molecule is CCNC(C)c1ccccc1N(CCO)CC(F)(F)F. The zero-order chi connectivity index (χ0) is 15.2. The van der Waals surface area contributed by atoms with E-state index in [0.717, 1.165) is 12.1 Å². The van der Waals surface area contributed by atoms with Gasteiger partial charge in [0.2, 0.25) is 0 Å². The summed E-state index contributed by atoms with van der Waals surface area (Å²) < 4.78 is 38.0. The van der Waals surface area contributed by atoms with Gasteiger partial charge in [0.1, 0.15) is 6.54 Å². The zero-order valence-corrected chi connectivity index (χ0v) is 11.7. The van der Waals surface area contributed by atoms with Crippen LogP contribution in [0.2, 0.25) is 0 Å². The summed E-state index contributed by atoms with van der Waals surface area (Å²) in [7, 11) is 0. The summed E-state index contributed by atoms with van der Waals surface area (Å²) in [5, 5.41) is 12.2. The monoisotopic (exact) mass is 290 g/mol. The second-order valence-corrected chi connectivity index (χ2v) is 4.60. The Kier molecular flexibility index (Phi) is 6.29. The van der Waals surface area contributed by atoms with Crippen LogP contribution in [0.5, 0.6) is 0 Å². The summed E-state index contributed by atoms with van der Waals surface area (Å²) >= 11 is 0. The number of aliphatic hydroxyl groups is 1. The molecule has 0 saturated heterocycles. The highest BCUT2D eigenvalue weighted by molar-refractivity contribution is 5.55. The third-order valence-corrected chi connectivity index (χ3v) is 2.99. The van der Waals surface area contributed by atoms with Gasteiger partial charge in [0, 0.05) is 18.3 Å². The molecule has 0 radical (unpaired) electrons. The Labute approximate surface area is 117 Å². The number of halogens is 3. The summed E-state index contributed by atoms with van der Waals surface area (Å²) in [5.74, 6) is 0. The molecule has 0 aliphatic heterocycles. The van der Waals surface area contributed by atoms with E-state index in [9.17, 15) is 13.2 Å². The molecule has 0 saturated carbocycles. The van der Waals surface area contributed by atoms with Crippen LogP contribution in [-0.4, -0.2) is 37.5 Å². The van der Waals surface area contributed by atoms with E-state index in [4.69, 9.17) is 5.11 Å². The standard InChI is InChI=1S/C14H21F3N2O/c1-3-18-11(2)12-6-4-5-7-13(12)19(8-9-20)10-14(15,16)17/h4-7,11,18,20H,3,8-10H2,1-2H3. The summed E-state index contributed by atoms with van der Waals surface area (Å²) in [6, 6.07) is 6.93. The van der Waals surface area contributed by atoms with Crippen molar-refractivity contribution < 1.29 is 18.3 Å². The van der Waals surface area contributed by atoms with Gasteiger partial charge in [0.05, 0.1) is 6.61 Å². The van der Waals surface area contributed by atoms with Crippen molar-refractivity contribution in [3.05, 3.63) is 29.8 Å². The first-order valence-electron chi connectivity index (χ1n) is 6.64. The van der Waals surface area contributed by atoms with E-state index in [0.29, 0.717) is 5.69 Å². The van der Waals surface area contributed by atoms with Crippen LogP contribution in [0.4, 0.5) is 18.9 Å². The number of benzene rings is 1. The molecule has 3 nitrogen and oxygen atoms in total. The number of nitrogens with one attached hydrogen (secondary N) is 1. The molecule has 6 heteroatoms. The topological polar surface area (TPSA) is 35.5 Å². The number of alkyl halides is 3. The van der Waals surface area contributed by atoms with Gasteiger partial charge in [-0.3, -0.25) is 0 Å². The molecule has 0 heterocycles. The normalized spacial score (nSPS) is 13.3. The highest BCUT2D eigenvalue weighted by Gasteiger charge is 2.31. The van der Waals surface area contributed by atoms with E-state index in [1.807, 2.05) is 19.9 Å². The molecule has 0 amide bonds. The largest absolute Gasteiger partial charge is 0.405 e. The van der Waals surface area contributed by atoms with Crippen molar-refractivity contribution in [1.29, 1.82) is 0 Å². The predicted octanol–water partition coefficient (Wildman–Crippen LogP) is 2.72.